The fourth-order valence-electron chi connectivity index (χ4n) is 2.39. The number of aromatic amines is 1. The van der Waals surface area contributed by atoms with Gasteiger partial charge in [-0.2, -0.15) is 23.4 Å². The number of aryl methyl sites for hydroxylation is 2. The van der Waals surface area contributed by atoms with Gasteiger partial charge in [0.2, 0.25) is 0 Å². The average molecular weight is 338 g/mol. The van der Waals surface area contributed by atoms with Gasteiger partial charge in [-0.1, -0.05) is 12.1 Å². The molecule has 1 amide bonds. The maximum Gasteiger partial charge on any atom is 0.428 e. The highest BCUT2D eigenvalue weighted by molar-refractivity contribution is 6.03. The Hall–Kier alpha value is -2.84. The molecule has 0 spiro atoms. The van der Waals surface area contributed by atoms with Gasteiger partial charge < -0.3 is 4.74 Å². The number of carbonyl (C=O) groups is 1. The van der Waals surface area contributed by atoms with Gasteiger partial charge in [-0.15, -0.1) is 0 Å². The Labute approximate surface area is 134 Å². The number of halogens is 3. The van der Waals surface area contributed by atoms with E-state index in [1.165, 1.54) is 12.1 Å². The van der Waals surface area contributed by atoms with Crippen LogP contribution in [0.4, 0.5) is 18.0 Å². The first kappa shape index (κ1) is 16.0. The van der Waals surface area contributed by atoms with Crippen molar-refractivity contribution in [3.8, 4) is 0 Å². The molecule has 24 heavy (non-hydrogen) atoms. The summed E-state index contributed by atoms with van der Waals surface area (Å²) in [7, 11) is 0. The number of aromatic nitrogens is 2. The van der Waals surface area contributed by atoms with Crippen LogP contribution in [-0.4, -0.2) is 28.6 Å². The molecule has 0 bridgehead atoms. The van der Waals surface area contributed by atoms with Crippen LogP contribution in [0.5, 0.6) is 0 Å². The number of hydrogen-bond acceptors (Lipinski definition) is 4. The summed E-state index contributed by atoms with van der Waals surface area (Å²) in [6.07, 6.45) is -3.03. The molecule has 6 nitrogen and oxygen atoms in total. The molecule has 0 saturated carbocycles. The Morgan fingerprint density at radius 1 is 1.21 bits per heavy atom. The highest BCUT2D eigenvalue weighted by atomic mass is 19.4. The third-order valence-corrected chi connectivity index (χ3v) is 3.59. The molecule has 9 heteroatoms. The first-order valence-electron chi connectivity index (χ1n) is 7.11. The number of carbonyl (C=O) groups excluding carboxylic acids is 1. The summed E-state index contributed by atoms with van der Waals surface area (Å²) in [6.45, 7) is -0.170. The van der Waals surface area contributed by atoms with Crippen molar-refractivity contribution in [1.29, 1.82) is 0 Å². The first-order chi connectivity index (χ1) is 11.4. The lowest BCUT2D eigenvalue weighted by atomic mass is 9.97. The zero-order valence-corrected chi connectivity index (χ0v) is 12.4. The third-order valence-electron chi connectivity index (χ3n) is 3.59. The fourth-order valence-corrected chi connectivity index (χ4v) is 2.39. The van der Waals surface area contributed by atoms with Crippen LogP contribution in [0.3, 0.4) is 0 Å². The minimum absolute atomic E-state index is 0.170. The highest BCUT2D eigenvalue weighted by Gasteiger charge is 2.34. The van der Waals surface area contributed by atoms with Crippen LogP contribution in [0.15, 0.2) is 35.6 Å². The number of nitrogens with zero attached hydrogens (tertiary/aromatic N) is 2. The molecular formula is C15H13F3N4O2. The van der Waals surface area contributed by atoms with Crippen LogP contribution in [0.1, 0.15) is 22.4 Å². The zero-order valence-electron chi connectivity index (χ0n) is 12.4. The smallest absolute Gasteiger partial charge is 0.428 e. The number of benzene rings is 1. The van der Waals surface area contributed by atoms with E-state index in [-0.39, 0.29) is 29.9 Å². The minimum atomic E-state index is -4.49. The molecule has 2 aromatic rings. The number of hydrazone groups is 1. The molecule has 2 N–H and O–H groups in total. The SMILES string of the molecule is O=C1NN=C(c2ccc(CCc3ccn[nH]3)c(C(F)(F)F)c2)CO1. The molecule has 0 radical (unpaired) electrons. The number of rotatable bonds is 4. The predicted molar refractivity (Wildman–Crippen MR) is 78.5 cm³/mol. The van der Waals surface area contributed by atoms with Gasteiger partial charge in [-0.25, -0.2) is 10.2 Å². The average Bonchev–Trinajstić information content (AvgIpc) is 3.06. The van der Waals surface area contributed by atoms with Crippen molar-refractivity contribution in [3.63, 3.8) is 0 Å². The molecule has 0 fully saturated rings. The summed E-state index contributed by atoms with van der Waals surface area (Å²) in [5, 5.41) is 10.2. The van der Waals surface area contributed by atoms with E-state index in [1.54, 1.807) is 12.3 Å². The second-order valence-electron chi connectivity index (χ2n) is 5.20. The van der Waals surface area contributed by atoms with E-state index in [9.17, 15) is 18.0 Å². The monoisotopic (exact) mass is 338 g/mol. The summed E-state index contributed by atoms with van der Waals surface area (Å²) in [5.41, 5.74) is 2.80. The minimum Gasteiger partial charge on any atom is -0.442 e. The van der Waals surface area contributed by atoms with E-state index < -0.39 is 17.8 Å². The van der Waals surface area contributed by atoms with Gasteiger partial charge in [0.1, 0.15) is 12.3 Å². The second-order valence-corrected chi connectivity index (χ2v) is 5.20. The Bertz CT molecular complexity index is 770. The van der Waals surface area contributed by atoms with Gasteiger partial charge in [0.25, 0.3) is 0 Å². The first-order valence-corrected chi connectivity index (χ1v) is 7.11. The van der Waals surface area contributed by atoms with Gasteiger partial charge in [-0.3, -0.25) is 5.10 Å². The second kappa shape index (κ2) is 6.34. The van der Waals surface area contributed by atoms with Crippen molar-refractivity contribution in [2.75, 3.05) is 6.61 Å². The lowest BCUT2D eigenvalue weighted by molar-refractivity contribution is -0.138. The Morgan fingerprint density at radius 3 is 2.67 bits per heavy atom. The molecule has 2 heterocycles. The van der Waals surface area contributed by atoms with Crippen molar-refractivity contribution in [1.82, 2.24) is 15.6 Å². The van der Waals surface area contributed by atoms with E-state index in [0.717, 1.165) is 11.8 Å². The predicted octanol–water partition coefficient (Wildman–Crippen LogP) is 2.66. The fraction of sp³-hybridized carbons (Fsp3) is 0.267. The highest BCUT2D eigenvalue weighted by Crippen LogP contribution is 2.33. The Morgan fingerprint density at radius 2 is 2.04 bits per heavy atom. The van der Waals surface area contributed by atoms with Crippen LogP contribution in [0.25, 0.3) is 0 Å². The summed E-state index contributed by atoms with van der Waals surface area (Å²) in [4.78, 5) is 10.9. The molecule has 1 aromatic heterocycles. The number of hydrogen-bond donors (Lipinski definition) is 2. The van der Waals surface area contributed by atoms with Gasteiger partial charge in [0.15, 0.2) is 0 Å². The van der Waals surface area contributed by atoms with Crippen molar-refractivity contribution < 1.29 is 22.7 Å². The molecule has 1 aromatic carbocycles. The van der Waals surface area contributed by atoms with Crippen molar-refractivity contribution >= 4 is 11.8 Å². The number of amides is 1. The quantitative estimate of drug-likeness (QED) is 0.899. The molecule has 3 rings (SSSR count). The third kappa shape index (κ3) is 3.55. The van der Waals surface area contributed by atoms with Crippen LogP contribution in [0, 0.1) is 0 Å². The summed E-state index contributed by atoms with van der Waals surface area (Å²) < 4.78 is 44.8. The van der Waals surface area contributed by atoms with Crippen LogP contribution in [0.2, 0.25) is 0 Å². The summed E-state index contributed by atoms with van der Waals surface area (Å²) in [6, 6.07) is 5.71. The van der Waals surface area contributed by atoms with Crippen LogP contribution >= 0.6 is 0 Å². The van der Waals surface area contributed by atoms with E-state index >= 15 is 0 Å². The molecule has 0 unspecified atom stereocenters. The largest absolute Gasteiger partial charge is 0.442 e. The van der Waals surface area contributed by atoms with Crippen molar-refractivity contribution in [3.05, 3.63) is 52.8 Å². The molecule has 126 valence electrons. The van der Waals surface area contributed by atoms with E-state index in [1.807, 2.05) is 0 Å². The maximum atomic E-state index is 13.4. The number of H-pyrrole nitrogens is 1. The lowest BCUT2D eigenvalue weighted by Crippen LogP contribution is -2.31. The van der Waals surface area contributed by atoms with Gasteiger partial charge >= 0.3 is 12.3 Å². The molecular weight excluding hydrogens is 325 g/mol. The topological polar surface area (TPSA) is 79.4 Å². The van der Waals surface area contributed by atoms with Crippen LogP contribution < -0.4 is 5.43 Å². The summed E-state index contributed by atoms with van der Waals surface area (Å²) >= 11 is 0. The Kier molecular flexibility index (Phi) is 4.24. The molecule has 1 aliphatic rings. The molecule has 0 saturated heterocycles. The zero-order chi connectivity index (χ0) is 17.2. The van der Waals surface area contributed by atoms with Gasteiger partial charge in [-0.05, 0) is 30.5 Å². The maximum absolute atomic E-state index is 13.4. The molecule has 1 aliphatic heterocycles. The van der Waals surface area contributed by atoms with Crippen molar-refractivity contribution in [2.24, 2.45) is 5.10 Å². The standard InChI is InChI=1S/C15H13F3N4O2/c16-15(17,18)12-7-10(13-8-24-14(23)22-21-13)2-1-9(12)3-4-11-5-6-19-20-11/h1-2,5-7H,3-4,8H2,(H,19,20)(H,22,23). The number of alkyl halides is 3. The van der Waals surface area contributed by atoms with Gasteiger partial charge in [0.05, 0.1) is 5.56 Å². The number of ether oxygens (including phenoxy) is 1. The summed E-state index contributed by atoms with van der Waals surface area (Å²) in [5.74, 6) is 0. The van der Waals surface area contributed by atoms with E-state index in [0.29, 0.717) is 6.42 Å². The van der Waals surface area contributed by atoms with Crippen LogP contribution in [-0.2, 0) is 23.8 Å². The van der Waals surface area contributed by atoms with Gasteiger partial charge in [0, 0.05) is 17.5 Å². The van der Waals surface area contributed by atoms with E-state index in [2.05, 4.69) is 20.7 Å². The molecule has 0 atom stereocenters. The van der Waals surface area contributed by atoms with E-state index in [4.69, 9.17) is 4.74 Å². The number of nitrogens with one attached hydrogen (secondary N) is 2. The van der Waals surface area contributed by atoms with Crippen molar-refractivity contribution in [2.45, 2.75) is 19.0 Å². The normalized spacial score (nSPS) is 14.8. The lowest BCUT2D eigenvalue weighted by Gasteiger charge is -2.17. The molecule has 0 aliphatic carbocycles. The number of cyclic esters (lactones) is 1. The Balaban J connectivity index is 1.88.